The number of aliphatic carboxylic acids is 1. The van der Waals surface area contributed by atoms with Crippen molar-refractivity contribution in [2.24, 2.45) is 11.7 Å². The number of halogens is 1. The van der Waals surface area contributed by atoms with Crippen molar-refractivity contribution in [2.75, 3.05) is 0 Å². The topological polar surface area (TPSA) is 63.3 Å². The maximum absolute atomic E-state index is 13.0. The molecule has 0 aromatic carbocycles. The lowest BCUT2D eigenvalue weighted by atomic mass is 9.92. The van der Waals surface area contributed by atoms with Gasteiger partial charge in [0.25, 0.3) is 0 Å². The summed E-state index contributed by atoms with van der Waals surface area (Å²) in [4.78, 5) is 10.4. The monoisotopic (exact) mass is 185 g/mol. The largest absolute Gasteiger partial charge is 0.480 e. The molecule has 1 aliphatic carbocycles. The molecular formula is C9H12FNO2. The predicted octanol–water partition coefficient (Wildman–Crippen LogP) is 1.22. The van der Waals surface area contributed by atoms with Gasteiger partial charge in [0, 0.05) is 5.92 Å². The lowest BCUT2D eigenvalue weighted by Gasteiger charge is -2.17. The molecular weight excluding hydrogens is 173 g/mol. The zero-order valence-electron chi connectivity index (χ0n) is 7.11. The van der Waals surface area contributed by atoms with E-state index < -0.39 is 12.0 Å². The maximum atomic E-state index is 13.0. The number of carboxylic acid groups (broad SMARTS) is 1. The third kappa shape index (κ3) is 2.66. The van der Waals surface area contributed by atoms with Crippen molar-refractivity contribution in [1.29, 1.82) is 0 Å². The van der Waals surface area contributed by atoms with Crippen LogP contribution in [-0.4, -0.2) is 17.1 Å². The summed E-state index contributed by atoms with van der Waals surface area (Å²) in [6.07, 6.45) is 5.47. The first-order valence-corrected chi connectivity index (χ1v) is 4.12. The van der Waals surface area contributed by atoms with Gasteiger partial charge < -0.3 is 10.8 Å². The molecule has 0 heterocycles. The van der Waals surface area contributed by atoms with Gasteiger partial charge in [-0.25, -0.2) is 4.39 Å². The molecule has 0 aromatic heterocycles. The summed E-state index contributed by atoms with van der Waals surface area (Å²) >= 11 is 0. The molecule has 0 bridgehead atoms. The number of allylic oxidation sites excluding steroid dienone is 4. The van der Waals surface area contributed by atoms with E-state index in [0.29, 0.717) is 6.42 Å². The lowest BCUT2D eigenvalue weighted by molar-refractivity contribution is -0.138. The minimum Gasteiger partial charge on any atom is -0.480 e. The van der Waals surface area contributed by atoms with Crippen molar-refractivity contribution in [3.05, 3.63) is 24.1 Å². The molecule has 1 unspecified atom stereocenters. The Balaban J connectivity index is 2.50. The van der Waals surface area contributed by atoms with Gasteiger partial charge >= 0.3 is 5.97 Å². The van der Waals surface area contributed by atoms with Gasteiger partial charge in [0.2, 0.25) is 0 Å². The van der Waals surface area contributed by atoms with Gasteiger partial charge in [0.1, 0.15) is 11.9 Å². The van der Waals surface area contributed by atoms with E-state index in [9.17, 15) is 9.18 Å². The van der Waals surface area contributed by atoms with Crippen molar-refractivity contribution < 1.29 is 14.3 Å². The molecule has 0 amide bonds. The molecule has 4 heteroatoms. The number of rotatable bonds is 3. The van der Waals surface area contributed by atoms with Crippen LogP contribution in [0.1, 0.15) is 12.8 Å². The molecule has 3 N–H and O–H groups in total. The Kier molecular flexibility index (Phi) is 3.19. The molecule has 0 saturated carbocycles. The Hall–Kier alpha value is -1.16. The molecule has 13 heavy (non-hydrogen) atoms. The highest BCUT2D eigenvalue weighted by atomic mass is 19.1. The number of nitrogens with two attached hydrogens (primary N) is 1. The predicted molar refractivity (Wildman–Crippen MR) is 46.7 cm³/mol. The van der Waals surface area contributed by atoms with E-state index in [1.165, 1.54) is 6.08 Å². The first kappa shape index (κ1) is 9.92. The molecule has 0 spiro atoms. The summed E-state index contributed by atoms with van der Waals surface area (Å²) in [5, 5.41) is 8.51. The van der Waals surface area contributed by atoms with Crippen LogP contribution in [0.25, 0.3) is 0 Å². The Bertz CT molecular complexity index is 260. The highest BCUT2D eigenvalue weighted by Gasteiger charge is 2.22. The van der Waals surface area contributed by atoms with Crippen molar-refractivity contribution in [1.82, 2.24) is 0 Å². The highest BCUT2D eigenvalue weighted by Crippen LogP contribution is 2.25. The van der Waals surface area contributed by atoms with Crippen LogP contribution < -0.4 is 5.73 Å². The fourth-order valence-corrected chi connectivity index (χ4v) is 1.27. The normalized spacial score (nSPS) is 23.8. The summed E-state index contributed by atoms with van der Waals surface area (Å²) in [5.74, 6) is -1.72. The first-order valence-electron chi connectivity index (χ1n) is 4.12. The highest BCUT2D eigenvalue weighted by molar-refractivity contribution is 5.73. The summed E-state index contributed by atoms with van der Waals surface area (Å²) in [6, 6.07) is -0.976. The molecule has 3 nitrogen and oxygen atoms in total. The van der Waals surface area contributed by atoms with Gasteiger partial charge in [-0.3, -0.25) is 4.79 Å². The van der Waals surface area contributed by atoms with Crippen molar-refractivity contribution in [3.63, 3.8) is 0 Å². The van der Waals surface area contributed by atoms with Gasteiger partial charge in [0.15, 0.2) is 0 Å². The van der Waals surface area contributed by atoms with E-state index in [4.69, 9.17) is 10.8 Å². The molecule has 1 rings (SSSR count). The van der Waals surface area contributed by atoms with Crippen molar-refractivity contribution in [2.45, 2.75) is 18.9 Å². The number of hydrogen-bond donors (Lipinski definition) is 2. The third-order valence-corrected chi connectivity index (χ3v) is 2.06. The van der Waals surface area contributed by atoms with Crippen LogP contribution in [-0.2, 0) is 4.79 Å². The van der Waals surface area contributed by atoms with Crippen molar-refractivity contribution in [3.8, 4) is 0 Å². The standard InChI is InChI=1S/C9H12FNO2/c10-7-4-2-1-3-6(7)5-8(11)9(12)13/h1-2,4,6,8H,3,5,11H2,(H,12,13)/t6?,8-/m0/s1. The third-order valence-electron chi connectivity index (χ3n) is 2.06. The van der Waals surface area contributed by atoms with Gasteiger partial charge in [-0.1, -0.05) is 12.2 Å². The molecule has 72 valence electrons. The number of carboxylic acids is 1. The second-order valence-electron chi connectivity index (χ2n) is 3.09. The Morgan fingerprint density at radius 1 is 1.85 bits per heavy atom. The Morgan fingerprint density at radius 2 is 2.54 bits per heavy atom. The average Bonchev–Trinajstić information content (AvgIpc) is 2.08. The zero-order chi connectivity index (χ0) is 9.84. The molecule has 0 fully saturated rings. The SMILES string of the molecule is N[C@@H](CC1CC=CC=C1F)C(=O)O. The molecule has 0 saturated heterocycles. The van der Waals surface area contributed by atoms with Gasteiger partial charge in [0.05, 0.1) is 0 Å². The van der Waals surface area contributed by atoms with Gasteiger partial charge in [-0.05, 0) is 18.9 Å². The van der Waals surface area contributed by atoms with Crippen LogP contribution in [0.2, 0.25) is 0 Å². The van der Waals surface area contributed by atoms with E-state index >= 15 is 0 Å². The van der Waals surface area contributed by atoms with E-state index in [0.717, 1.165) is 0 Å². The van der Waals surface area contributed by atoms with Crippen LogP contribution in [0, 0.1) is 5.92 Å². The van der Waals surface area contributed by atoms with E-state index in [1.54, 1.807) is 6.08 Å². The summed E-state index contributed by atoms with van der Waals surface area (Å²) in [6.45, 7) is 0. The second kappa shape index (κ2) is 4.18. The second-order valence-corrected chi connectivity index (χ2v) is 3.09. The first-order chi connectivity index (χ1) is 6.11. The minimum atomic E-state index is -1.08. The van der Waals surface area contributed by atoms with Crippen molar-refractivity contribution >= 4 is 5.97 Å². The fraction of sp³-hybridized carbons (Fsp3) is 0.444. The maximum Gasteiger partial charge on any atom is 0.320 e. The summed E-state index contributed by atoms with van der Waals surface area (Å²) in [5.41, 5.74) is 5.29. The quantitative estimate of drug-likeness (QED) is 0.694. The molecule has 0 aliphatic heterocycles. The van der Waals surface area contributed by atoms with Crippen LogP contribution in [0.15, 0.2) is 24.1 Å². The van der Waals surface area contributed by atoms with Gasteiger partial charge in [-0.2, -0.15) is 0 Å². The lowest BCUT2D eigenvalue weighted by Crippen LogP contribution is -2.32. The summed E-state index contributed by atoms with van der Waals surface area (Å²) in [7, 11) is 0. The van der Waals surface area contributed by atoms with Crippen LogP contribution >= 0.6 is 0 Å². The fourth-order valence-electron chi connectivity index (χ4n) is 1.27. The molecule has 0 aromatic rings. The number of carbonyl (C=O) groups is 1. The minimum absolute atomic E-state index is 0.155. The average molecular weight is 185 g/mol. The van der Waals surface area contributed by atoms with Gasteiger partial charge in [-0.15, -0.1) is 0 Å². The molecule has 1 aliphatic rings. The zero-order valence-corrected chi connectivity index (χ0v) is 7.11. The number of hydrogen-bond acceptors (Lipinski definition) is 2. The Labute approximate surface area is 75.7 Å². The summed E-state index contributed by atoms with van der Waals surface area (Å²) < 4.78 is 13.0. The van der Waals surface area contributed by atoms with Crippen LogP contribution in [0.5, 0.6) is 0 Å². The van der Waals surface area contributed by atoms with E-state index in [1.807, 2.05) is 6.08 Å². The molecule has 0 radical (unpaired) electrons. The molecule has 2 atom stereocenters. The van der Waals surface area contributed by atoms with Crippen LogP contribution in [0.3, 0.4) is 0 Å². The van der Waals surface area contributed by atoms with E-state index in [-0.39, 0.29) is 18.2 Å². The van der Waals surface area contributed by atoms with E-state index in [2.05, 4.69) is 0 Å². The smallest absolute Gasteiger partial charge is 0.320 e. The Morgan fingerprint density at radius 3 is 3.08 bits per heavy atom. The van der Waals surface area contributed by atoms with Crippen LogP contribution in [0.4, 0.5) is 4.39 Å².